The molecule has 0 unspecified atom stereocenters. The standard InChI is InChI=1S/C25H20ClN3O3/c26-18-11-12-21-17(14-18)15-20(25(31)32)23(28-21)29-22(13-16-7-3-1-4-8-16)24(30)27-19-9-5-2-6-10-19/h1-12,14-15,22H,13H2,(H,27,30)(H,28,29)(H,31,32)/t22-/m0/s1. The van der Waals surface area contributed by atoms with E-state index in [1.807, 2.05) is 48.5 Å². The average molecular weight is 446 g/mol. The molecular weight excluding hydrogens is 426 g/mol. The van der Waals surface area contributed by atoms with Crippen LogP contribution in [-0.2, 0) is 11.2 Å². The summed E-state index contributed by atoms with van der Waals surface area (Å²) in [5, 5.41) is 16.8. The Hall–Kier alpha value is -3.90. The lowest BCUT2D eigenvalue weighted by atomic mass is 10.0. The molecule has 1 heterocycles. The molecule has 1 amide bonds. The zero-order chi connectivity index (χ0) is 22.5. The lowest BCUT2D eigenvalue weighted by Gasteiger charge is -2.20. The summed E-state index contributed by atoms with van der Waals surface area (Å²) in [6.45, 7) is 0. The summed E-state index contributed by atoms with van der Waals surface area (Å²) in [5.41, 5.74) is 2.11. The average Bonchev–Trinajstić information content (AvgIpc) is 2.79. The molecular formula is C25H20ClN3O3. The zero-order valence-corrected chi connectivity index (χ0v) is 17.7. The molecule has 3 N–H and O–H groups in total. The van der Waals surface area contributed by atoms with Crippen molar-refractivity contribution in [2.45, 2.75) is 12.5 Å². The number of carboxylic acids is 1. The van der Waals surface area contributed by atoms with E-state index in [2.05, 4.69) is 15.6 Å². The lowest BCUT2D eigenvalue weighted by Crippen LogP contribution is -2.37. The molecule has 0 bridgehead atoms. The number of hydrogen-bond donors (Lipinski definition) is 3. The van der Waals surface area contributed by atoms with E-state index in [0.717, 1.165) is 5.56 Å². The van der Waals surface area contributed by atoms with Gasteiger partial charge in [0.15, 0.2) is 0 Å². The number of carbonyl (C=O) groups is 2. The summed E-state index contributed by atoms with van der Waals surface area (Å²) in [6.07, 6.45) is 0.346. The Morgan fingerprint density at radius 1 is 0.938 bits per heavy atom. The van der Waals surface area contributed by atoms with Crippen molar-refractivity contribution < 1.29 is 14.7 Å². The molecule has 0 radical (unpaired) electrons. The Labute approximate surface area is 189 Å². The largest absolute Gasteiger partial charge is 0.478 e. The van der Waals surface area contributed by atoms with Gasteiger partial charge >= 0.3 is 5.97 Å². The normalized spacial score (nSPS) is 11.7. The van der Waals surface area contributed by atoms with Crippen LogP contribution in [0.25, 0.3) is 10.9 Å². The van der Waals surface area contributed by atoms with Crippen LogP contribution < -0.4 is 10.6 Å². The third-order valence-electron chi connectivity index (χ3n) is 4.96. The van der Waals surface area contributed by atoms with Gasteiger partial charge < -0.3 is 15.7 Å². The predicted octanol–water partition coefficient (Wildman–Crippen LogP) is 5.25. The van der Waals surface area contributed by atoms with Crippen molar-refractivity contribution in [3.05, 3.63) is 101 Å². The molecule has 0 aliphatic heterocycles. The van der Waals surface area contributed by atoms with Gasteiger partial charge in [0.05, 0.1) is 5.52 Å². The SMILES string of the molecule is O=C(O)c1cc2cc(Cl)ccc2nc1N[C@@H](Cc1ccccc1)C(=O)Nc1ccccc1. The number of pyridine rings is 1. The van der Waals surface area contributed by atoms with Crippen LogP contribution in [0.1, 0.15) is 15.9 Å². The van der Waals surface area contributed by atoms with E-state index in [4.69, 9.17) is 11.6 Å². The lowest BCUT2D eigenvalue weighted by molar-refractivity contribution is -0.116. The molecule has 0 aliphatic rings. The number of aromatic carboxylic acids is 1. The first kappa shape index (κ1) is 21.3. The van der Waals surface area contributed by atoms with Crippen molar-refractivity contribution in [2.75, 3.05) is 10.6 Å². The predicted molar refractivity (Wildman–Crippen MR) is 126 cm³/mol. The number of carbonyl (C=O) groups excluding carboxylic acids is 1. The molecule has 3 aromatic carbocycles. The number of carboxylic acid groups (broad SMARTS) is 1. The van der Waals surface area contributed by atoms with E-state index in [1.54, 1.807) is 30.3 Å². The second kappa shape index (κ2) is 9.49. The highest BCUT2D eigenvalue weighted by Gasteiger charge is 2.23. The van der Waals surface area contributed by atoms with Crippen molar-refractivity contribution in [3.8, 4) is 0 Å². The summed E-state index contributed by atoms with van der Waals surface area (Å²) in [7, 11) is 0. The number of rotatable bonds is 7. The van der Waals surface area contributed by atoms with Crippen molar-refractivity contribution >= 4 is 45.9 Å². The number of aromatic nitrogens is 1. The number of fused-ring (bicyclic) bond motifs is 1. The van der Waals surface area contributed by atoms with Crippen LogP contribution in [0.5, 0.6) is 0 Å². The second-order valence-electron chi connectivity index (χ2n) is 7.27. The Bertz CT molecular complexity index is 1260. The van der Waals surface area contributed by atoms with Crippen molar-refractivity contribution in [3.63, 3.8) is 0 Å². The Morgan fingerprint density at radius 2 is 1.62 bits per heavy atom. The Balaban J connectivity index is 1.70. The van der Waals surface area contributed by atoms with Crippen LogP contribution in [0, 0.1) is 0 Å². The highest BCUT2D eigenvalue weighted by atomic mass is 35.5. The van der Waals surface area contributed by atoms with E-state index >= 15 is 0 Å². The van der Waals surface area contributed by atoms with Crippen LogP contribution in [0.4, 0.5) is 11.5 Å². The number of anilines is 2. The minimum atomic E-state index is -1.15. The van der Waals surface area contributed by atoms with Gasteiger partial charge in [-0.1, -0.05) is 60.1 Å². The summed E-state index contributed by atoms with van der Waals surface area (Å²) < 4.78 is 0. The van der Waals surface area contributed by atoms with Gasteiger partial charge in [-0.15, -0.1) is 0 Å². The minimum Gasteiger partial charge on any atom is -0.478 e. The molecule has 32 heavy (non-hydrogen) atoms. The topological polar surface area (TPSA) is 91.3 Å². The maximum atomic E-state index is 13.1. The van der Waals surface area contributed by atoms with Crippen LogP contribution in [0.3, 0.4) is 0 Å². The van der Waals surface area contributed by atoms with Crippen LogP contribution >= 0.6 is 11.6 Å². The second-order valence-corrected chi connectivity index (χ2v) is 7.71. The van der Waals surface area contributed by atoms with Gasteiger partial charge in [-0.3, -0.25) is 4.79 Å². The smallest absolute Gasteiger partial charge is 0.339 e. The molecule has 0 fully saturated rings. The molecule has 0 aliphatic carbocycles. The molecule has 4 rings (SSSR count). The highest BCUT2D eigenvalue weighted by Crippen LogP contribution is 2.25. The van der Waals surface area contributed by atoms with E-state index in [9.17, 15) is 14.7 Å². The van der Waals surface area contributed by atoms with Crippen LogP contribution in [0.2, 0.25) is 5.02 Å². The molecule has 1 aromatic heterocycles. The molecule has 1 atom stereocenters. The van der Waals surface area contributed by atoms with Crippen LogP contribution in [-0.4, -0.2) is 28.0 Å². The Morgan fingerprint density at radius 3 is 2.31 bits per heavy atom. The van der Waals surface area contributed by atoms with Gasteiger partial charge in [0.1, 0.15) is 17.4 Å². The van der Waals surface area contributed by atoms with E-state index < -0.39 is 12.0 Å². The van der Waals surface area contributed by atoms with Crippen LogP contribution in [0.15, 0.2) is 84.9 Å². The summed E-state index contributed by atoms with van der Waals surface area (Å²) in [4.78, 5) is 29.6. The van der Waals surface area contributed by atoms with Gasteiger partial charge in [0.2, 0.25) is 5.91 Å². The maximum Gasteiger partial charge on any atom is 0.339 e. The van der Waals surface area contributed by atoms with E-state index in [1.165, 1.54) is 6.07 Å². The van der Waals surface area contributed by atoms with Gasteiger partial charge in [-0.25, -0.2) is 9.78 Å². The van der Waals surface area contributed by atoms with Gasteiger partial charge in [0, 0.05) is 22.5 Å². The molecule has 0 spiro atoms. The summed E-state index contributed by atoms with van der Waals surface area (Å²) >= 11 is 6.04. The fourth-order valence-electron chi connectivity index (χ4n) is 3.40. The fourth-order valence-corrected chi connectivity index (χ4v) is 3.58. The van der Waals surface area contributed by atoms with Gasteiger partial charge in [0.25, 0.3) is 0 Å². The number of nitrogens with one attached hydrogen (secondary N) is 2. The highest BCUT2D eigenvalue weighted by molar-refractivity contribution is 6.31. The summed E-state index contributed by atoms with van der Waals surface area (Å²) in [5.74, 6) is -1.32. The third kappa shape index (κ3) is 5.04. The molecule has 6 nitrogen and oxygen atoms in total. The number of nitrogens with zero attached hydrogens (tertiary/aromatic N) is 1. The number of amides is 1. The minimum absolute atomic E-state index is 0.0367. The monoisotopic (exact) mass is 445 g/mol. The van der Waals surface area contributed by atoms with Gasteiger partial charge in [-0.05, 0) is 42.0 Å². The van der Waals surface area contributed by atoms with Crippen molar-refractivity contribution in [1.82, 2.24) is 4.98 Å². The fraction of sp³-hybridized carbons (Fsp3) is 0.0800. The number of benzene rings is 3. The molecule has 0 saturated heterocycles. The van der Waals surface area contributed by atoms with Crippen molar-refractivity contribution in [2.24, 2.45) is 0 Å². The first-order chi connectivity index (χ1) is 15.5. The quantitative estimate of drug-likeness (QED) is 0.361. The Kier molecular flexibility index (Phi) is 6.33. The maximum absolute atomic E-state index is 13.1. The molecule has 160 valence electrons. The number of hydrogen-bond acceptors (Lipinski definition) is 4. The molecule has 7 heteroatoms. The first-order valence-electron chi connectivity index (χ1n) is 9.99. The number of halogens is 1. The zero-order valence-electron chi connectivity index (χ0n) is 17.0. The number of para-hydroxylation sites is 1. The third-order valence-corrected chi connectivity index (χ3v) is 5.19. The van der Waals surface area contributed by atoms with E-state index in [-0.39, 0.29) is 17.3 Å². The van der Waals surface area contributed by atoms with E-state index in [0.29, 0.717) is 28.0 Å². The molecule has 4 aromatic rings. The first-order valence-corrected chi connectivity index (χ1v) is 10.4. The van der Waals surface area contributed by atoms with Crippen molar-refractivity contribution in [1.29, 1.82) is 0 Å². The molecule has 0 saturated carbocycles. The summed E-state index contributed by atoms with van der Waals surface area (Å²) in [6, 6.07) is 24.4. The van der Waals surface area contributed by atoms with Gasteiger partial charge in [-0.2, -0.15) is 0 Å².